The van der Waals surface area contributed by atoms with Crippen LogP contribution in [0.1, 0.15) is 65.2 Å². The molecule has 0 radical (unpaired) electrons. The number of anilines is 1. The van der Waals surface area contributed by atoms with Crippen LogP contribution in [0.5, 0.6) is 5.75 Å². The van der Waals surface area contributed by atoms with Crippen molar-refractivity contribution in [2.75, 3.05) is 24.3 Å². The Balaban J connectivity index is 1.45. The number of thioether (sulfide) groups is 1. The van der Waals surface area contributed by atoms with Crippen molar-refractivity contribution in [3.63, 3.8) is 0 Å². The van der Waals surface area contributed by atoms with Gasteiger partial charge in [0.25, 0.3) is 0 Å². The Labute approximate surface area is 167 Å². The molecule has 150 valence electrons. The molecule has 2 aliphatic rings. The van der Waals surface area contributed by atoms with Crippen molar-refractivity contribution in [3.05, 3.63) is 12.3 Å². The highest BCUT2D eigenvalue weighted by Crippen LogP contribution is 2.47. The van der Waals surface area contributed by atoms with E-state index < -0.39 is 0 Å². The topological polar surface area (TPSA) is 60.5 Å². The number of carbonyl (C=O) groups excluding carboxylic acids is 1. The first kappa shape index (κ1) is 20.3. The summed E-state index contributed by atoms with van der Waals surface area (Å²) in [7, 11) is 0. The van der Waals surface area contributed by atoms with E-state index in [0.29, 0.717) is 24.7 Å². The second kappa shape index (κ2) is 9.67. The summed E-state index contributed by atoms with van der Waals surface area (Å²) in [6, 6.07) is 1.97. The van der Waals surface area contributed by atoms with Gasteiger partial charge in [0.1, 0.15) is 0 Å². The molecule has 3 rings (SSSR count). The number of fused-ring (bicyclic) bond motifs is 1. The summed E-state index contributed by atoms with van der Waals surface area (Å²) < 4.78 is 11.5. The number of unbranched alkanes of at least 4 members (excludes halogenated alkanes) is 1. The number of pyridine rings is 1. The van der Waals surface area contributed by atoms with Gasteiger partial charge in [0.05, 0.1) is 24.5 Å². The third-order valence-corrected chi connectivity index (χ3v) is 6.56. The van der Waals surface area contributed by atoms with Gasteiger partial charge in [-0.15, -0.1) is 11.8 Å². The van der Waals surface area contributed by atoms with Crippen molar-refractivity contribution in [2.24, 2.45) is 5.92 Å². The number of esters is 1. The molecule has 2 heterocycles. The lowest BCUT2D eigenvalue weighted by atomic mass is 10.0. The minimum absolute atomic E-state index is 0.103. The van der Waals surface area contributed by atoms with E-state index in [-0.39, 0.29) is 11.5 Å². The van der Waals surface area contributed by atoms with Gasteiger partial charge < -0.3 is 14.8 Å². The molecule has 1 aliphatic heterocycles. The highest BCUT2D eigenvalue weighted by atomic mass is 32.2. The first-order valence-corrected chi connectivity index (χ1v) is 11.3. The number of aromatic nitrogens is 1. The largest absolute Gasteiger partial charge is 0.488 e. The third-order valence-electron chi connectivity index (χ3n) is 5.52. The maximum Gasteiger partial charge on any atom is 0.306 e. The molecule has 1 aliphatic carbocycles. The lowest BCUT2D eigenvalue weighted by Crippen LogP contribution is -2.21. The van der Waals surface area contributed by atoms with Gasteiger partial charge in [-0.05, 0) is 31.2 Å². The highest BCUT2D eigenvalue weighted by molar-refractivity contribution is 7.99. The number of hydrogen-bond donors (Lipinski definition) is 1. The standard InChI is InChI=1S/C21H32N2O3S/c1-3-5-6-16(4-2)15-26-18(24)8-14-27-17-7-12-22-20-19(17)25-13-11-21(23-20)9-10-21/h7,12,16H,3-6,8-11,13-15H2,1-2H3,(H,22,23). The smallest absolute Gasteiger partial charge is 0.306 e. The molecule has 1 aromatic rings. The average molecular weight is 393 g/mol. The van der Waals surface area contributed by atoms with Crippen molar-refractivity contribution in [2.45, 2.75) is 75.6 Å². The van der Waals surface area contributed by atoms with Gasteiger partial charge in [-0.1, -0.05) is 33.1 Å². The molecule has 1 spiro atoms. The van der Waals surface area contributed by atoms with Crippen molar-refractivity contribution in [1.29, 1.82) is 0 Å². The number of rotatable bonds is 10. The molecule has 0 bridgehead atoms. The molecule has 6 heteroatoms. The van der Waals surface area contributed by atoms with E-state index >= 15 is 0 Å². The second-order valence-corrected chi connectivity index (χ2v) is 8.83. The molecule has 0 saturated heterocycles. The van der Waals surface area contributed by atoms with Gasteiger partial charge in [0, 0.05) is 23.9 Å². The lowest BCUT2D eigenvalue weighted by Gasteiger charge is -2.15. The third kappa shape index (κ3) is 5.77. The fraction of sp³-hybridized carbons (Fsp3) is 0.714. The summed E-state index contributed by atoms with van der Waals surface area (Å²) in [6.45, 7) is 5.63. The molecule has 27 heavy (non-hydrogen) atoms. The number of ether oxygens (including phenoxy) is 2. The van der Waals surface area contributed by atoms with Crippen molar-refractivity contribution < 1.29 is 14.3 Å². The zero-order valence-corrected chi connectivity index (χ0v) is 17.4. The minimum Gasteiger partial charge on any atom is -0.488 e. The Hall–Kier alpha value is -1.43. The van der Waals surface area contributed by atoms with Crippen molar-refractivity contribution in [1.82, 2.24) is 4.98 Å². The molecule has 1 atom stereocenters. The summed E-state index contributed by atoms with van der Waals surface area (Å²) in [5.74, 6) is 2.76. The quantitative estimate of drug-likeness (QED) is 0.444. The summed E-state index contributed by atoms with van der Waals surface area (Å²) in [6.07, 6.45) is 10.2. The second-order valence-electron chi connectivity index (χ2n) is 7.69. The number of nitrogens with zero attached hydrogens (tertiary/aromatic N) is 1. The van der Waals surface area contributed by atoms with Crippen molar-refractivity contribution in [3.8, 4) is 5.75 Å². The first-order chi connectivity index (χ1) is 13.2. The first-order valence-electron chi connectivity index (χ1n) is 10.3. The Morgan fingerprint density at radius 1 is 1.41 bits per heavy atom. The fourth-order valence-electron chi connectivity index (χ4n) is 3.39. The molecule has 0 amide bonds. The maximum atomic E-state index is 12.1. The minimum atomic E-state index is -0.103. The molecule has 1 N–H and O–H groups in total. The van der Waals surface area contributed by atoms with E-state index in [1.165, 1.54) is 25.7 Å². The van der Waals surface area contributed by atoms with E-state index in [9.17, 15) is 4.79 Å². The fourth-order valence-corrected chi connectivity index (χ4v) is 4.32. The number of nitrogens with one attached hydrogen (secondary N) is 1. The van der Waals surface area contributed by atoms with Crippen LogP contribution in [0.15, 0.2) is 17.2 Å². The Morgan fingerprint density at radius 2 is 2.26 bits per heavy atom. The zero-order chi connectivity index (χ0) is 19.1. The molecule has 1 saturated carbocycles. The summed E-state index contributed by atoms with van der Waals surface area (Å²) >= 11 is 1.64. The lowest BCUT2D eigenvalue weighted by molar-refractivity contribution is -0.144. The average Bonchev–Trinajstić information content (AvgIpc) is 3.46. The summed E-state index contributed by atoms with van der Waals surface area (Å²) in [4.78, 5) is 17.6. The van der Waals surface area contributed by atoms with Crippen LogP contribution in [0.2, 0.25) is 0 Å². The molecule has 5 nitrogen and oxygen atoms in total. The summed E-state index contributed by atoms with van der Waals surface area (Å²) in [5.41, 5.74) is 0.207. The monoisotopic (exact) mass is 392 g/mol. The SMILES string of the molecule is CCCCC(CC)COC(=O)CCSc1ccnc2c1OCCC1(CC1)N2. The zero-order valence-electron chi connectivity index (χ0n) is 16.6. The van der Waals surface area contributed by atoms with Crippen LogP contribution >= 0.6 is 11.8 Å². The van der Waals surface area contributed by atoms with E-state index in [2.05, 4.69) is 24.1 Å². The Morgan fingerprint density at radius 3 is 3.00 bits per heavy atom. The molecule has 0 aromatic carbocycles. The Bertz CT molecular complexity index is 634. The van der Waals surface area contributed by atoms with Crippen molar-refractivity contribution >= 4 is 23.5 Å². The predicted molar refractivity (Wildman–Crippen MR) is 110 cm³/mol. The molecular weight excluding hydrogens is 360 g/mol. The van der Waals surface area contributed by atoms with Crippen LogP contribution in [0.3, 0.4) is 0 Å². The Kier molecular flexibility index (Phi) is 7.27. The molecule has 1 fully saturated rings. The normalized spacial score (nSPS) is 18.0. The van der Waals surface area contributed by atoms with Gasteiger partial charge in [-0.2, -0.15) is 0 Å². The van der Waals surface area contributed by atoms with E-state index in [0.717, 1.165) is 42.3 Å². The molecule has 1 aromatic heterocycles. The van der Waals surface area contributed by atoms with Crippen LogP contribution in [0, 0.1) is 5.92 Å². The van der Waals surface area contributed by atoms with Gasteiger partial charge >= 0.3 is 5.97 Å². The van der Waals surface area contributed by atoms with Crippen LogP contribution in [-0.4, -0.2) is 35.5 Å². The van der Waals surface area contributed by atoms with Crippen LogP contribution in [-0.2, 0) is 9.53 Å². The molecule has 1 unspecified atom stereocenters. The number of hydrogen-bond acceptors (Lipinski definition) is 6. The van der Waals surface area contributed by atoms with Crippen LogP contribution in [0.25, 0.3) is 0 Å². The van der Waals surface area contributed by atoms with E-state index in [1.807, 2.05) is 12.3 Å². The van der Waals surface area contributed by atoms with Crippen LogP contribution < -0.4 is 10.1 Å². The van der Waals surface area contributed by atoms with Gasteiger partial charge in [-0.3, -0.25) is 4.79 Å². The van der Waals surface area contributed by atoms with E-state index in [1.54, 1.807) is 11.8 Å². The highest BCUT2D eigenvalue weighted by Gasteiger charge is 2.44. The predicted octanol–water partition coefficient (Wildman–Crippen LogP) is 5.05. The molecular formula is C21H32N2O3S. The van der Waals surface area contributed by atoms with Gasteiger partial charge in [0.2, 0.25) is 0 Å². The van der Waals surface area contributed by atoms with E-state index in [4.69, 9.17) is 9.47 Å². The summed E-state index contributed by atoms with van der Waals surface area (Å²) in [5, 5.41) is 3.56. The van der Waals surface area contributed by atoms with Crippen LogP contribution in [0.4, 0.5) is 5.82 Å². The van der Waals surface area contributed by atoms with Gasteiger partial charge in [0.15, 0.2) is 11.6 Å². The number of carbonyl (C=O) groups is 1. The van der Waals surface area contributed by atoms with Gasteiger partial charge in [-0.25, -0.2) is 4.98 Å². The maximum absolute atomic E-state index is 12.1.